The molecule has 3 nitrogen and oxygen atoms in total. The molecule has 92 valence electrons. The van der Waals surface area contributed by atoms with E-state index in [-0.39, 0.29) is 5.41 Å². The van der Waals surface area contributed by atoms with E-state index in [9.17, 15) is 0 Å². The number of benzene rings is 1. The van der Waals surface area contributed by atoms with E-state index in [1.165, 1.54) is 11.1 Å². The summed E-state index contributed by atoms with van der Waals surface area (Å²) in [5.74, 6) is 1.01. The fraction of sp³-hybridized carbons (Fsp3) is 0.500. The van der Waals surface area contributed by atoms with Crippen molar-refractivity contribution in [2.75, 3.05) is 6.54 Å². The summed E-state index contributed by atoms with van der Waals surface area (Å²) in [6, 6.07) is 4.31. The molecule has 0 fully saturated rings. The van der Waals surface area contributed by atoms with Crippen LogP contribution in [0.15, 0.2) is 12.1 Å². The first-order valence-electron chi connectivity index (χ1n) is 6.17. The first-order chi connectivity index (χ1) is 8.00. The lowest BCUT2D eigenvalue weighted by Gasteiger charge is -2.23. The number of hydrogen-bond acceptors (Lipinski definition) is 2. The number of hydrogen-bond donors (Lipinski definition) is 2. The molecule has 1 heterocycles. The normalized spacial score (nSPS) is 15.1. The highest BCUT2D eigenvalue weighted by atomic mass is 14.9. The summed E-state index contributed by atoms with van der Waals surface area (Å²) in [6.45, 7) is 9.13. The van der Waals surface area contributed by atoms with Crippen LogP contribution in [-0.2, 0) is 5.41 Å². The molecular weight excluding hydrogens is 210 g/mol. The average molecular weight is 231 g/mol. The van der Waals surface area contributed by atoms with Gasteiger partial charge in [0.05, 0.1) is 11.0 Å². The molecule has 0 aliphatic carbocycles. The SMILES string of the molecule is CCC(C)(CN)c1nc2c(C)cc(C)cc2[nH]1. The third-order valence-electron chi connectivity index (χ3n) is 3.72. The molecule has 1 atom stereocenters. The molecule has 17 heavy (non-hydrogen) atoms. The zero-order valence-electron chi connectivity index (χ0n) is 11.1. The molecule has 1 unspecified atom stereocenters. The van der Waals surface area contributed by atoms with Gasteiger partial charge >= 0.3 is 0 Å². The van der Waals surface area contributed by atoms with Crippen molar-refractivity contribution >= 4 is 11.0 Å². The Morgan fingerprint density at radius 3 is 2.65 bits per heavy atom. The summed E-state index contributed by atoms with van der Waals surface area (Å²) in [5, 5.41) is 0. The Morgan fingerprint density at radius 1 is 1.35 bits per heavy atom. The van der Waals surface area contributed by atoms with Crippen molar-refractivity contribution in [1.29, 1.82) is 0 Å². The van der Waals surface area contributed by atoms with E-state index in [1.807, 2.05) is 0 Å². The Balaban J connectivity index is 2.62. The highest BCUT2D eigenvalue weighted by Gasteiger charge is 2.26. The van der Waals surface area contributed by atoms with Gasteiger partial charge in [-0.05, 0) is 37.5 Å². The lowest BCUT2D eigenvalue weighted by Crippen LogP contribution is -2.32. The predicted molar refractivity (Wildman–Crippen MR) is 72.3 cm³/mol. The maximum atomic E-state index is 5.88. The third-order valence-corrected chi connectivity index (χ3v) is 3.72. The first-order valence-corrected chi connectivity index (χ1v) is 6.17. The Bertz CT molecular complexity index is 536. The van der Waals surface area contributed by atoms with Crippen molar-refractivity contribution in [1.82, 2.24) is 9.97 Å². The van der Waals surface area contributed by atoms with Crippen molar-refractivity contribution < 1.29 is 0 Å². The summed E-state index contributed by atoms with van der Waals surface area (Å²) >= 11 is 0. The first kappa shape index (κ1) is 12.1. The number of aromatic nitrogens is 2. The van der Waals surface area contributed by atoms with Crippen LogP contribution < -0.4 is 5.73 Å². The highest BCUT2D eigenvalue weighted by Crippen LogP contribution is 2.27. The van der Waals surface area contributed by atoms with Crippen LogP contribution in [0, 0.1) is 13.8 Å². The molecule has 0 saturated heterocycles. The van der Waals surface area contributed by atoms with Gasteiger partial charge in [-0.15, -0.1) is 0 Å². The minimum absolute atomic E-state index is 0.0562. The maximum absolute atomic E-state index is 5.88. The number of nitrogens with zero attached hydrogens (tertiary/aromatic N) is 1. The summed E-state index contributed by atoms with van der Waals surface area (Å²) in [5.41, 5.74) is 10.5. The molecule has 3 N–H and O–H groups in total. The quantitative estimate of drug-likeness (QED) is 0.853. The third kappa shape index (κ3) is 1.95. The molecule has 2 rings (SSSR count). The monoisotopic (exact) mass is 231 g/mol. The Kier molecular flexibility index (Phi) is 2.96. The van der Waals surface area contributed by atoms with Gasteiger partial charge in [0, 0.05) is 12.0 Å². The van der Waals surface area contributed by atoms with E-state index in [1.54, 1.807) is 0 Å². The van der Waals surface area contributed by atoms with Gasteiger partial charge in [0.25, 0.3) is 0 Å². The molecule has 0 saturated carbocycles. The second-order valence-electron chi connectivity index (χ2n) is 5.18. The molecule has 0 amide bonds. The van der Waals surface area contributed by atoms with Crippen molar-refractivity contribution in [3.8, 4) is 0 Å². The van der Waals surface area contributed by atoms with Gasteiger partial charge in [0.2, 0.25) is 0 Å². The van der Waals surface area contributed by atoms with Crippen molar-refractivity contribution in [3.05, 3.63) is 29.1 Å². The van der Waals surface area contributed by atoms with E-state index >= 15 is 0 Å². The lowest BCUT2D eigenvalue weighted by atomic mass is 9.87. The number of fused-ring (bicyclic) bond motifs is 1. The van der Waals surface area contributed by atoms with Crippen LogP contribution in [0.4, 0.5) is 0 Å². The van der Waals surface area contributed by atoms with Crippen LogP contribution in [0.5, 0.6) is 0 Å². The summed E-state index contributed by atoms with van der Waals surface area (Å²) < 4.78 is 0. The van der Waals surface area contributed by atoms with Crippen molar-refractivity contribution in [2.24, 2.45) is 5.73 Å². The molecule has 2 aromatic rings. The predicted octanol–water partition coefficient (Wildman–Crippen LogP) is 2.81. The van der Waals surface area contributed by atoms with Crippen LogP contribution in [0.3, 0.4) is 0 Å². The van der Waals surface area contributed by atoms with E-state index in [0.29, 0.717) is 6.54 Å². The Morgan fingerprint density at radius 2 is 2.06 bits per heavy atom. The second-order valence-corrected chi connectivity index (χ2v) is 5.18. The zero-order valence-corrected chi connectivity index (χ0v) is 11.1. The molecular formula is C14H21N3. The molecule has 0 radical (unpaired) electrons. The number of rotatable bonds is 3. The summed E-state index contributed by atoms with van der Waals surface area (Å²) in [6.07, 6.45) is 0.987. The smallest absolute Gasteiger partial charge is 0.114 e. The average Bonchev–Trinajstić information content (AvgIpc) is 2.72. The molecule has 1 aromatic heterocycles. The number of aromatic amines is 1. The van der Waals surface area contributed by atoms with Gasteiger partial charge in [-0.1, -0.05) is 19.9 Å². The van der Waals surface area contributed by atoms with Crippen LogP contribution in [0.1, 0.15) is 37.2 Å². The largest absolute Gasteiger partial charge is 0.341 e. The summed E-state index contributed by atoms with van der Waals surface area (Å²) in [7, 11) is 0. The number of nitrogens with two attached hydrogens (primary N) is 1. The highest BCUT2D eigenvalue weighted by molar-refractivity contribution is 5.79. The van der Waals surface area contributed by atoms with Crippen LogP contribution in [0.25, 0.3) is 11.0 Å². The number of H-pyrrole nitrogens is 1. The molecule has 0 bridgehead atoms. The standard InChI is InChI=1S/C14H21N3/c1-5-14(4,8-15)13-16-11-7-9(2)6-10(3)12(11)17-13/h6-7H,5,8,15H2,1-4H3,(H,16,17). The maximum Gasteiger partial charge on any atom is 0.114 e. The van der Waals surface area contributed by atoms with Gasteiger partial charge in [-0.3, -0.25) is 0 Å². The molecule has 0 spiro atoms. The van der Waals surface area contributed by atoms with Gasteiger partial charge < -0.3 is 10.7 Å². The molecule has 1 aromatic carbocycles. The van der Waals surface area contributed by atoms with Crippen LogP contribution >= 0.6 is 0 Å². The topological polar surface area (TPSA) is 54.7 Å². The van der Waals surface area contributed by atoms with E-state index in [4.69, 9.17) is 10.7 Å². The van der Waals surface area contributed by atoms with Gasteiger partial charge in [-0.2, -0.15) is 0 Å². The van der Waals surface area contributed by atoms with E-state index in [0.717, 1.165) is 23.3 Å². The van der Waals surface area contributed by atoms with Crippen molar-refractivity contribution in [3.63, 3.8) is 0 Å². The van der Waals surface area contributed by atoms with Crippen LogP contribution in [-0.4, -0.2) is 16.5 Å². The van der Waals surface area contributed by atoms with Gasteiger partial charge in [0.15, 0.2) is 0 Å². The number of aryl methyl sites for hydroxylation is 2. The minimum atomic E-state index is -0.0562. The van der Waals surface area contributed by atoms with E-state index in [2.05, 4.69) is 44.8 Å². The summed E-state index contributed by atoms with van der Waals surface area (Å²) in [4.78, 5) is 8.16. The Labute approximate surface area is 102 Å². The van der Waals surface area contributed by atoms with Gasteiger partial charge in [0.1, 0.15) is 5.82 Å². The van der Waals surface area contributed by atoms with E-state index < -0.39 is 0 Å². The molecule has 0 aliphatic rings. The van der Waals surface area contributed by atoms with Gasteiger partial charge in [-0.25, -0.2) is 4.98 Å². The fourth-order valence-corrected chi connectivity index (χ4v) is 2.17. The number of imidazole rings is 1. The zero-order chi connectivity index (χ0) is 12.6. The molecule has 3 heteroatoms. The second kappa shape index (κ2) is 4.15. The lowest BCUT2D eigenvalue weighted by molar-refractivity contribution is 0.443. The van der Waals surface area contributed by atoms with Crippen molar-refractivity contribution in [2.45, 2.75) is 39.5 Å². The number of nitrogens with one attached hydrogen (secondary N) is 1. The Hall–Kier alpha value is -1.35. The van der Waals surface area contributed by atoms with Crippen LogP contribution in [0.2, 0.25) is 0 Å². The minimum Gasteiger partial charge on any atom is -0.341 e. The fourth-order valence-electron chi connectivity index (χ4n) is 2.17. The molecule has 0 aliphatic heterocycles.